The van der Waals surface area contributed by atoms with Crippen molar-refractivity contribution in [3.05, 3.63) is 41.5 Å². The largest absolute Gasteiger partial charge is 0.468 e. The van der Waals surface area contributed by atoms with Gasteiger partial charge < -0.3 is 13.9 Å². The Kier molecular flexibility index (Phi) is 3.66. The molecule has 0 radical (unpaired) electrons. The summed E-state index contributed by atoms with van der Waals surface area (Å²) in [6.45, 7) is 0. The molecule has 2 rings (SSSR count). The van der Waals surface area contributed by atoms with Gasteiger partial charge in [-0.2, -0.15) is 0 Å². The summed E-state index contributed by atoms with van der Waals surface area (Å²) in [4.78, 5) is 22.5. The molecule has 1 aromatic heterocycles. The number of methoxy groups -OCH3 is 2. The zero-order valence-electron chi connectivity index (χ0n) is 10.5. The summed E-state index contributed by atoms with van der Waals surface area (Å²) < 4.78 is 15.1. The molecule has 0 unspecified atom stereocenters. The highest BCUT2D eigenvalue weighted by atomic mass is 16.6. The first-order valence-corrected chi connectivity index (χ1v) is 5.52. The fourth-order valence-electron chi connectivity index (χ4n) is 1.74. The van der Waals surface area contributed by atoms with Crippen molar-refractivity contribution in [3.8, 4) is 17.3 Å². The van der Waals surface area contributed by atoms with Crippen molar-refractivity contribution >= 4 is 12.3 Å². The van der Waals surface area contributed by atoms with E-state index in [1.807, 2.05) is 0 Å². The topological polar surface area (TPSA) is 65.7 Å². The van der Waals surface area contributed by atoms with E-state index in [1.54, 1.807) is 24.3 Å². The van der Waals surface area contributed by atoms with Gasteiger partial charge in [0.25, 0.3) is 5.95 Å². The lowest BCUT2D eigenvalue weighted by molar-refractivity contribution is 0.0594. The molecule has 5 nitrogen and oxygen atoms in total. The molecular weight excluding hydrogens is 248 g/mol. The highest BCUT2D eigenvalue weighted by molar-refractivity contribution is 5.94. The Labute approximate surface area is 109 Å². The molecule has 0 spiro atoms. The Morgan fingerprint density at radius 2 is 2.00 bits per heavy atom. The summed E-state index contributed by atoms with van der Waals surface area (Å²) in [5, 5.41) is 0. The van der Waals surface area contributed by atoms with E-state index in [-0.39, 0.29) is 11.5 Å². The van der Waals surface area contributed by atoms with Gasteiger partial charge in [0.1, 0.15) is 11.3 Å². The lowest BCUT2D eigenvalue weighted by Crippen LogP contribution is -2.01. The van der Waals surface area contributed by atoms with E-state index in [9.17, 15) is 9.59 Å². The summed E-state index contributed by atoms with van der Waals surface area (Å²) in [5.41, 5.74) is 1.24. The van der Waals surface area contributed by atoms with Gasteiger partial charge in [0.15, 0.2) is 6.29 Å². The van der Waals surface area contributed by atoms with Crippen molar-refractivity contribution < 1.29 is 23.5 Å². The standard InChI is InChI=1S/C14H12O5/c1-17-13(16)11-7-12(19-14(11)18-2)10-6-4-3-5-9(10)8-15/h3-8H,1-2H3. The molecule has 2 aromatic rings. The number of carbonyl (C=O) groups is 2. The monoisotopic (exact) mass is 260 g/mol. The van der Waals surface area contributed by atoms with Crippen molar-refractivity contribution in [2.45, 2.75) is 0 Å². The minimum absolute atomic E-state index is 0.0579. The van der Waals surface area contributed by atoms with Gasteiger partial charge in [-0.05, 0) is 0 Å². The van der Waals surface area contributed by atoms with Gasteiger partial charge in [-0.3, -0.25) is 4.79 Å². The van der Waals surface area contributed by atoms with Gasteiger partial charge in [0.05, 0.1) is 14.2 Å². The minimum atomic E-state index is -0.560. The summed E-state index contributed by atoms with van der Waals surface area (Å²) in [7, 11) is 2.66. The fraction of sp³-hybridized carbons (Fsp3) is 0.143. The van der Waals surface area contributed by atoms with Crippen LogP contribution in [0.15, 0.2) is 34.7 Å². The van der Waals surface area contributed by atoms with Gasteiger partial charge in [-0.1, -0.05) is 24.3 Å². The quantitative estimate of drug-likeness (QED) is 0.624. The maximum atomic E-state index is 11.6. The van der Waals surface area contributed by atoms with E-state index < -0.39 is 5.97 Å². The van der Waals surface area contributed by atoms with E-state index in [1.165, 1.54) is 20.3 Å². The predicted molar refractivity (Wildman–Crippen MR) is 67.4 cm³/mol. The second-order valence-corrected chi connectivity index (χ2v) is 3.71. The Bertz CT molecular complexity index is 612. The summed E-state index contributed by atoms with van der Waals surface area (Å²) in [6.07, 6.45) is 0.724. The molecule has 19 heavy (non-hydrogen) atoms. The van der Waals surface area contributed by atoms with E-state index in [0.29, 0.717) is 16.9 Å². The molecule has 1 heterocycles. The van der Waals surface area contributed by atoms with Gasteiger partial charge in [-0.15, -0.1) is 0 Å². The van der Waals surface area contributed by atoms with E-state index in [4.69, 9.17) is 9.15 Å². The second-order valence-electron chi connectivity index (χ2n) is 3.71. The molecule has 0 amide bonds. The van der Waals surface area contributed by atoms with Gasteiger partial charge >= 0.3 is 5.97 Å². The van der Waals surface area contributed by atoms with Crippen LogP contribution in [0.3, 0.4) is 0 Å². The average Bonchev–Trinajstić information content (AvgIpc) is 2.90. The molecule has 5 heteroatoms. The van der Waals surface area contributed by atoms with Crippen molar-refractivity contribution in [3.63, 3.8) is 0 Å². The van der Waals surface area contributed by atoms with Crippen molar-refractivity contribution in [1.29, 1.82) is 0 Å². The molecule has 0 aliphatic carbocycles. The summed E-state index contributed by atoms with van der Waals surface area (Å²) >= 11 is 0. The number of hydrogen-bond acceptors (Lipinski definition) is 5. The molecule has 0 fully saturated rings. The highest BCUT2D eigenvalue weighted by Gasteiger charge is 2.21. The average molecular weight is 260 g/mol. The Morgan fingerprint density at radius 3 is 2.63 bits per heavy atom. The molecule has 0 bridgehead atoms. The number of benzene rings is 1. The SMILES string of the molecule is COC(=O)c1cc(-c2ccccc2C=O)oc1OC. The predicted octanol–water partition coefficient (Wildman–Crippen LogP) is 2.55. The first kappa shape index (κ1) is 12.9. The van der Waals surface area contributed by atoms with Crippen LogP contribution in [-0.4, -0.2) is 26.5 Å². The number of ether oxygens (including phenoxy) is 2. The van der Waals surface area contributed by atoms with Gasteiger partial charge in [0.2, 0.25) is 0 Å². The molecular formula is C14H12O5. The van der Waals surface area contributed by atoms with Crippen LogP contribution in [0, 0.1) is 0 Å². The molecule has 0 saturated carbocycles. The van der Waals surface area contributed by atoms with Gasteiger partial charge in [-0.25, -0.2) is 4.79 Å². The summed E-state index contributed by atoms with van der Waals surface area (Å²) in [6, 6.07) is 8.40. The number of rotatable bonds is 4. The van der Waals surface area contributed by atoms with Crippen LogP contribution >= 0.6 is 0 Å². The number of esters is 1. The lowest BCUT2D eigenvalue weighted by Gasteiger charge is -1.99. The Balaban J connectivity index is 2.54. The zero-order valence-corrected chi connectivity index (χ0v) is 10.5. The highest BCUT2D eigenvalue weighted by Crippen LogP contribution is 2.32. The molecule has 0 N–H and O–H groups in total. The van der Waals surface area contributed by atoms with Crippen molar-refractivity contribution in [1.82, 2.24) is 0 Å². The third kappa shape index (κ3) is 2.35. The Hall–Kier alpha value is -2.56. The molecule has 0 saturated heterocycles. The lowest BCUT2D eigenvalue weighted by atomic mass is 10.1. The molecule has 98 valence electrons. The fourth-order valence-corrected chi connectivity index (χ4v) is 1.74. The maximum absolute atomic E-state index is 11.6. The number of hydrogen-bond donors (Lipinski definition) is 0. The van der Waals surface area contributed by atoms with E-state index in [2.05, 4.69) is 4.74 Å². The molecule has 1 aromatic carbocycles. The van der Waals surface area contributed by atoms with Crippen LogP contribution in [0.2, 0.25) is 0 Å². The minimum Gasteiger partial charge on any atom is -0.468 e. The van der Waals surface area contributed by atoms with Gasteiger partial charge in [0, 0.05) is 17.2 Å². The van der Waals surface area contributed by atoms with Crippen LogP contribution in [-0.2, 0) is 4.74 Å². The van der Waals surface area contributed by atoms with Crippen molar-refractivity contribution in [2.75, 3.05) is 14.2 Å². The third-order valence-corrected chi connectivity index (χ3v) is 2.64. The van der Waals surface area contributed by atoms with Crippen LogP contribution in [0.1, 0.15) is 20.7 Å². The third-order valence-electron chi connectivity index (χ3n) is 2.64. The van der Waals surface area contributed by atoms with Crippen LogP contribution in [0.4, 0.5) is 0 Å². The number of furan rings is 1. The normalized spacial score (nSPS) is 10.0. The number of aldehydes is 1. The molecule has 0 aliphatic rings. The molecule has 0 atom stereocenters. The van der Waals surface area contributed by atoms with Crippen LogP contribution < -0.4 is 4.74 Å². The van der Waals surface area contributed by atoms with Crippen LogP contribution in [0.25, 0.3) is 11.3 Å². The number of carbonyl (C=O) groups excluding carboxylic acids is 2. The molecule has 0 aliphatic heterocycles. The maximum Gasteiger partial charge on any atom is 0.345 e. The first-order chi connectivity index (χ1) is 9.21. The zero-order chi connectivity index (χ0) is 13.8. The second kappa shape index (κ2) is 5.39. The van der Waals surface area contributed by atoms with Crippen LogP contribution in [0.5, 0.6) is 5.95 Å². The Morgan fingerprint density at radius 1 is 1.26 bits per heavy atom. The summed E-state index contributed by atoms with van der Waals surface area (Å²) in [5.74, 6) is -0.127. The first-order valence-electron chi connectivity index (χ1n) is 5.52. The smallest absolute Gasteiger partial charge is 0.345 e. The van der Waals surface area contributed by atoms with Crippen molar-refractivity contribution in [2.24, 2.45) is 0 Å². The van der Waals surface area contributed by atoms with E-state index in [0.717, 1.165) is 6.29 Å². The van der Waals surface area contributed by atoms with E-state index >= 15 is 0 Å².